The third-order valence-corrected chi connectivity index (χ3v) is 23.0. The van der Waals surface area contributed by atoms with E-state index in [1.165, 1.54) is 83.3 Å². The van der Waals surface area contributed by atoms with E-state index in [4.69, 9.17) is 23.8 Å². The van der Waals surface area contributed by atoms with Gasteiger partial charge in [0.1, 0.15) is 22.3 Å². The molecule has 14 aromatic carbocycles. The summed E-state index contributed by atoms with van der Waals surface area (Å²) in [5, 5.41) is 4.52. The molecule has 17 aromatic rings. The van der Waals surface area contributed by atoms with Crippen LogP contribution in [0.3, 0.4) is 0 Å². The molecule has 0 bridgehead atoms. The number of hydrogen-bond donors (Lipinski definition) is 0. The molecule has 4 aliphatic carbocycles. The number of hydrogen-bond acceptors (Lipinski definition) is 6. The van der Waals surface area contributed by atoms with Gasteiger partial charge < -0.3 is 8.83 Å². The van der Waals surface area contributed by atoms with Crippen molar-refractivity contribution in [3.05, 3.63) is 382 Å². The first-order valence-electron chi connectivity index (χ1n) is 35.1. The zero-order valence-corrected chi connectivity index (χ0v) is 56.1. The van der Waals surface area contributed by atoms with E-state index >= 15 is 0 Å². The molecule has 0 fully saturated rings. The Labute approximate surface area is 585 Å². The fourth-order valence-electron chi connectivity index (χ4n) is 18.8. The Bertz CT molecular complexity index is 6180. The maximum Gasteiger partial charge on any atom is 0.238 e. The second-order valence-corrected chi connectivity index (χ2v) is 28.8. The van der Waals surface area contributed by atoms with Crippen LogP contribution < -0.4 is 4.90 Å². The van der Waals surface area contributed by atoms with E-state index in [0.29, 0.717) is 17.6 Å². The van der Waals surface area contributed by atoms with Crippen LogP contribution in [0.25, 0.3) is 111 Å². The number of anilines is 3. The van der Waals surface area contributed by atoms with Gasteiger partial charge in [0.2, 0.25) is 5.95 Å². The molecule has 6 heteroatoms. The SMILES string of the molecule is CC1(C)c2cc(N(c3ccc4c(c3)C(c3ccccc3)(c3ccccc3)c3cc5c(cc3-4)C(c3ccccc3)(c3ccccc3)c3ccc4oc6ccccc6c4c3-5)c3nc(-c4ccccc4)nc(-c4ccccc4)n3)ccc2-c2c1c1c(c3c2oc2ccccc23)-c2ccccc2C1(C)C. The molecule has 0 radical (unpaired) electrons. The van der Waals surface area contributed by atoms with E-state index in [9.17, 15) is 0 Å². The second kappa shape index (κ2) is 21.0. The predicted molar refractivity (Wildman–Crippen MR) is 410 cm³/mol. The highest BCUT2D eigenvalue weighted by Gasteiger charge is 2.54. The first kappa shape index (κ1) is 57.5. The lowest BCUT2D eigenvalue weighted by atomic mass is 9.66. The summed E-state index contributed by atoms with van der Waals surface area (Å²) in [6, 6.07) is 115. The Balaban J connectivity index is 0.859. The van der Waals surface area contributed by atoms with Gasteiger partial charge in [-0.25, -0.2) is 4.98 Å². The van der Waals surface area contributed by atoms with E-state index in [0.717, 1.165) is 94.4 Å². The Morgan fingerprint density at radius 3 is 1.32 bits per heavy atom. The Kier molecular flexibility index (Phi) is 12.0. The fourth-order valence-corrected chi connectivity index (χ4v) is 18.8. The Morgan fingerprint density at radius 2 is 0.723 bits per heavy atom. The van der Waals surface area contributed by atoms with E-state index in [2.05, 4.69) is 336 Å². The highest BCUT2D eigenvalue weighted by Crippen LogP contribution is 2.67. The fraction of sp³-hybridized carbons (Fsp3) is 0.0842. The maximum absolute atomic E-state index is 7.23. The van der Waals surface area contributed by atoms with Gasteiger partial charge in [-0.1, -0.05) is 289 Å². The summed E-state index contributed by atoms with van der Waals surface area (Å²) in [5.41, 5.74) is 29.0. The molecule has 3 heterocycles. The molecule has 0 aliphatic heterocycles. The van der Waals surface area contributed by atoms with Crippen LogP contribution in [-0.4, -0.2) is 15.0 Å². The minimum absolute atomic E-state index is 0.316. The summed E-state index contributed by atoms with van der Waals surface area (Å²) < 4.78 is 14.1. The molecule has 21 rings (SSSR count). The third-order valence-electron chi connectivity index (χ3n) is 23.0. The van der Waals surface area contributed by atoms with Gasteiger partial charge in [0.05, 0.1) is 10.8 Å². The summed E-state index contributed by atoms with van der Waals surface area (Å²) in [6.45, 7) is 9.68. The maximum atomic E-state index is 7.23. The van der Waals surface area contributed by atoms with Gasteiger partial charge in [-0.15, -0.1) is 0 Å². The van der Waals surface area contributed by atoms with Crippen LogP contribution in [0.4, 0.5) is 17.3 Å². The third kappa shape index (κ3) is 7.74. The monoisotopic (exact) mass is 1290 g/mol. The first-order chi connectivity index (χ1) is 49.6. The number of furan rings is 2. The van der Waals surface area contributed by atoms with Gasteiger partial charge in [-0.05, 0) is 160 Å². The Hall–Kier alpha value is -12.5. The van der Waals surface area contributed by atoms with Crippen molar-refractivity contribution in [1.82, 2.24) is 15.0 Å². The zero-order chi connectivity index (χ0) is 67.1. The molecule has 101 heavy (non-hydrogen) atoms. The topological polar surface area (TPSA) is 68.2 Å². The van der Waals surface area contributed by atoms with Crippen LogP contribution in [-0.2, 0) is 21.7 Å². The first-order valence-corrected chi connectivity index (χ1v) is 35.1. The minimum atomic E-state index is -0.866. The number of benzene rings is 14. The van der Waals surface area contributed by atoms with Crippen molar-refractivity contribution in [2.75, 3.05) is 4.90 Å². The lowest BCUT2D eigenvalue weighted by Gasteiger charge is -2.36. The van der Waals surface area contributed by atoms with Crippen molar-refractivity contribution in [3.8, 4) is 67.3 Å². The molecule has 0 amide bonds. The molecule has 0 saturated heterocycles. The molecule has 4 aliphatic rings. The molecule has 0 saturated carbocycles. The van der Waals surface area contributed by atoms with Crippen LogP contribution in [0.5, 0.6) is 0 Å². The van der Waals surface area contributed by atoms with Crippen molar-refractivity contribution in [3.63, 3.8) is 0 Å². The Morgan fingerprint density at radius 1 is 0.287 bits per heavy atom. The lowest BCUT2D eigenvalue weighted by Crippen LogP contribution is -2.30. The van der Waals surface area contributed by atoms with Crippen molar-refractivity contribution in [2.24, 2.45) is 0 Å². The van der Waals surface area contributed by atoms with Gasteiger partial charge in [0.25, 0.3) is 0 Å². The number of rotatable bonds is 9. The smallest absolute Gasteiger partial charge is 0.238 e. The van der Waals surface area contributed by atoms with Crippen LogP contribution >= 0.6 is 0 Å². The predicted octanol–water partition coefficient (Wildman–Crippen LogP) is 23.8. The van der Waals surface area contributed by atoms with E-state index in [-0.39, 0.29) is 5.41 Å². The highest BCUT2D eigenvalue weighted by atomic mass is 16.3. The van der Waals surface area contributed by atoms with Crippen LogP contribution in [0.1, 0.15) is 94.5 Å². The van der Waals surface area contributed by atoms with Crippen molar-refractivity contribution >= 4 is 61.2 Å². The molecule has 3 aromatic heterocycles. The summed E-state index contributed by atoms with van der Waals surface area (Å²) in [4.78, 5) is 18.9. The van der Waals surface area contributed by atoms with Crippen molar-refractivity contribution in [1.29, 1.82) is 0 Å². The number of fused-ring (bicyclic) bond motifs is 22. The molecule has 0 atom stereocenters. The summed E-state index contributed by atoms with van der Waals surface area (Å²) in [5.74, 6) is 1.64. The quantitative estimate of drug-likeness (QED) is 0.143. The molecule has 0 unspecified atom stereocenters. The van der Waals surface area contributed by atoms with Gasteiger partial charge in [0.15, 0.2) is 11.6 Å². The number of para-hydroxylation sites is 2. The van der Waals surface area contributed by atoms with E-state index < -0.39 is 16.2 Å². The average Bonchev–Trinajstić information content (AvgIpc) is 1.52. The number of aromatic nitrogens is 3. The molecular formula is C95H64N4O2. The van der Waals surface area contributed by atoms with Gasteiger partial charge >= 0.3 is 0 Å². The standard InChI is InChI=1S/C95H64N4O2/c1-92(2)72-44-26-23-41-66(72)83-84-69-43-25-28-46-79(69)101-88(84)85-67-50-48-63(53-74(67)93(3,4)87(85)86(83)92)99(91-97-89(57-29-11-5-12-30-57)96-90(98-91)58-31-13-6-14-32-58)64-47-49-65-70-55-77-71(56-76(70)95(75(65)54-64,61-37-19-9-20-38-61)62-39-21-10-22-40-62)81-73(51-52-80-82(81)68-42-24-27-45-78(68)100-80)94(77,59-33-15-7-16-34-59)60-35-17-8-18-36-60/h5-56H,1-4H3. The van der Waals surface area contributed by atoms with Gasteiger partial charge in [0, 0.05) is 60.4 Å². The van der Waals surface area contributed by atoms with Gasteiger partial charge in [-0.3, -0.25) is 4.90 Å². The average molecular weight is 1290 g/mol. The van der Waals surface area contributed by atoms with Crippen LogP contribution in [0.2, 0.25) is 0 Å². The largest absolute Gasteiger partial charge is 0.456 e. The van der Waals surface area contributed by atoms with E-state index in [1.54, 1.807) is 0 Å². The van der Waals surface area contributed by atoms with Crippen LogP contribution in [0.15, 0.2) is 324 Å². The lowest BCUT2D eigenvalue weighted by molar-refractivity contribution is 0.600. The minimum Gasteiger partial charge on any atom is -0.456 e. The van der Waals surface area contributed by atoms with Crippen LogP contribution in [0, 0.1) is 0 Å². The van der Waals surface area contributed by atoms with E-state index in [1.807, 2.05) is 12.1 Å². The molecule has 0 N–H and O–H groups in total. The second-order valence-electron chi connectivity index (χ2n) is 28.8. The van der Waals surface area contributed by atoms with Crippen molar-refractivity contribution in [2.45, 2.75) is 49.4 Å². The normalized spacial score (nSPS) is 14.9. The number of nitrogens with zero attached hydrogens (tertiary/aromatic N) is 4. The zero-order valence-electron chi connectivity index (χ0n) is 56.1. The highest BCUT2D eigenvalue weighted by molar-refractivity contribution is 6.21. The summed E-state index contributed by atoms with van der Waals surface area (Å²) >= 11 is 0. The van der Waals surface area contributed by atoms with Crippen molar-refractivity contribution < 1.29 is 8.83 Å². The molecule has 6 nitrogen and oxygen atoms in total. The molecular weight excluding hydrogens is 1230 g/mol. The summed E-state index contributed by atoms with van der Waals surface area (Å²) in [7, 11) is 0. The summed E-state index contributed by atoms with van der Waals surface area (Å²) in [6.07, 6.45) is 0. The molecule has 476 valence electrons. The van der Waals surface area contributed by atoms with Gasteiger partial charge in [-0.2, -0.15) is 9.97 Å². The molecule has 0 spiro atoms.